The van der Waals surface area contributed by atoms with Gasteiger partial charge in [-0.2, -0.15) is 6.20 Å². The van der Waals surface area contributed by atoms with E-state index in [1.54, 1.807) is 24.5 Å². The van der Waals surface area contributed by atoms with Gasteiger partial charge in [-0.25, -0.2) is 0 Å². The van der Waals surface area contributed by atoms with Gasteiger partial charge in [-0.1, -0.05) is 43.8 Å². The molecular formula is C19H18IrN2O-2. The Kier molecular flexibility index (Phi) is 8.17. The van der Waals surface area contributed by atoms with E-state index in [9.17, 15) is 4.79 Å². The van der Waals surface area contributed by atoms with Crippen molar-refractivity contribution >= 4 is 5.78 Å². The number of benzene rings is 1. The van der Waals surface area contributed by atoms with Gasteiger partial charge in [-0.3, -0.25) is 4.79 Å². The summed E-state index contributed by atoms with van der Waals surface area (Å²) in [6.45, 7) is 3.74. The second-order valence-electron chi connectivity index (χ2n) is 5.03. The molecule has 0 fully saturated rings. The molecule has 3 aromatic rings. The summed E-state index contributed by atoms with van der Waals surface area (Å²) in [5.74, 6) is 0.167. The Morgan fingerprint density at radius 2 is 1.87 bits per heavy atom. The second-order valence-corrected chi connectivity index (χ2v) is 5.03. The van der Waals surface area contributed by atoms with Crippen LogP contribution in [-0.2, 0) is 20.1 Å². The van der Waals surface area contributed by atoms with Crippen molar-refractivity contribution in [1.82, 2.24) is 9.97 Å². The van der Waals surface area contributed by atoms with E-state index in [1.807, 2.05) is 56.3 Å². The van der Waals surface area contributed by atoms with Crippen LogP contribution in [0.4, 0.5) is 0 Å². The quantitative estimate of drug-likeness (QED) is 0.418. The molecule has 0 amide bonds. The minimum Gasteiger partial charge on any atom is -0.661 e. The number of pyridine rings is 1. The second kappa shape index (κ2) is 9.88. The molecule has 2 heterocycles. The number of hydrogen-bond donors (Lipinski definition) is 0. The van der Waals surface area contributed by atoms with Crippen LogP contribution in [0, 0.1) is 12.0 Å². The van der Waals surface area contributed by atoms with Crippen molar-refractivity contribution in [3.05, 3.63) is 78.8 Å². The zero-order valence-corrected chi connectivity index (χ0v) is 15.5. The molecule has 0 saturated carbocycles. The largest absolute Gasteiger partial charge is 0.661 e. The van der Waals surface area contributed by atoms with E-state index in [-0.39, 0.29) is 31.8 Å². The van der Waals surface area contributed by atoms with Crippen LogP contribution in [0.1, 0.15) is 24.3 Å². The molecule has 3 rings (SSSR count). The zero-order chi connectivity index (χ0) is 15.8. The summed E-state index contributed by atoms with van der Waals surface area (Å²) in [5.41, 5.74) is 2.59. The van der Waals surface area contributed by atoms with Crippen LogP contribution in [0.3, 0.4) is 0 Å². The Hall–Kier alpha value is -2.03. The van der Waals surface area contributed by atoms with Crippen LogP contribution < -0.4 is 4.98 Å². The van der Waals surface area contributed by atoms with Crippen LogP contribution in [-0.4, -0.2) is 10.8 Å². The third kappa shape index (κ3) is 5.93. The predicted octanol–water partition coefficient (Wildman–Crippen LogP) is 4.03. The van der Waals surface area contributed by atoms with Gasteiger partial charge in [0.05, 0.1) is 0 Å². The molecule has 1 aromatic carbocycles. The van der Waals surface area contributed by atoms with Crippen LogP contribution >= 0.6 is 0 Å². The fraction of sp³-hybridized carbons (Fsp3) is 0.158. The van der Waals surface area contributed by atoms with Gasteiger partial charge in [0.15, 0.2) is 0 Å². The summed E-state index contributed by atoms with van der Waals surface area (Å²) in [6, 6.07) is 20.3. The van der Waals surface area contributed by atoms with Crippen molar-refractivity contribution in [1.29, 1.82) is 0 Å². The van der Waals surface area contributed by atoms with Gasteiger partial charge in [0.25, 0.3) is 0 Å². The molecule has 121 valence electrons. The van der Waals surface area contributed by atoms with Crippen molar-refractivity contribution in [2.75, 3.05) is 0 Å². The SMILES string of the molecule is CC(C)C(=O)c1ccc[n-]1.[Ir].[c-]1ccccc1-c1ccccn1. The molecule has 0 saturated heterocycles. The van der Waals surface area contributed by atoms with Crippen LogP contribution in [0.25, 0.3) is 11.3 Å². The summed E-state index contributed by atoms with van der Waals surface area (Å²) in [7, 11) is 0. The van der Waals surface area contributed by atoms with Crippen LogP contribution in [0.15, 0.2) is 67.0 Å². The minimum absolute atomic E-state index is 0. The van der Waals surface area contributed by atoms with Gasteiger partial charge in [-0.15, -0.1) is 35.9 Å². The van der Waals surface area contributed by atoms with Gasteiger partial charge in [0, 0.05) is 32.2 Å². The van der Waals surface area contributed by atoms with E-state index < -0.39 is 0 Å². The zero-order valence-electron chi connectivity index (χ0n) is 13.1. The Balaban J connectivity index is 0.000000224. The molecule has 1 radical (unpaired) electrons. The van der Waals surface area contributed by atoms with Crippen molar-refractivity contribution in [2.45, 2.75) is 13.8 Å². The van der Waals surface area contributed by atoms with Crippen molar-refractivity contribution in [2.24, 2.45) is 5.92 Å². The summed E-state index contributed by atoms with van der Waals surface area (Å²) >= 11 is 0. The van der Waals surface area contributed by atoms with E-state index in [0.717, 1.165) is 11.3 Å². The number of rotatable bonds is 3. The first-order valence-electron chi connectivity index (χ1n) is 7.18. The Labute approximate surface area is 150 Å². The summed E-state index contributed by atoms with van der Waals surface area (Å²) in [4.78, 5) is 19.2. The van der Waals surface area contributed by atoms with Gasteiger partial charge >= 0.3 is 0 Å². The van der Waals surface area contributed by atoms with Crippen molar-refractivity contribution in [3.63, 3.8) is 0 Å². The fourth-order valence-electron chi connectivity index (χ4n) is 1.82. The number of nitrogens with zero attached hydrogens (tertiary/aromatic N) is 2. The Bertz CT molecular complexity index is 642. The van der Waals surface area contributed by atoms with Gasteiger partial charge in [-0.05, 0) is 11.8 Å². The fourth-order valence-corrected chi connectivity index (χ4v) is 1.82. The van der Waals surface area contributed by atoms with Crippen LogP contribution in [0.5, 0.6) is 0 Å². The molecule has 3 nitrogen and oxygen atoms in total. The maximum absolute atomic E-state index is 11.1. The molecule has 0 aliphatic rings. The first kappa shape index (κ1) is 19.0. The van der Waals surface area contributed by atoms with Gasteiger partial charge in [0.2, 0.25) is 0 Å². The minimum atomic E-state index is 0. The number of ketones is 1. The molecule has 23 heavy (non-hydrogen) atoms. The number of hydrogen-bond acceptors (Lipinski definition) is 2. The molecule has 0 atom stereocenters. The first-order chi connectivity index (χ1) is 10.7. The topological polar surface area (TPSA) is 44.1 Å². The number of carbonyl (C=O) groups excluding carboxylic acids is 1. The summed E-state index contributed by atoms with van der Waals surface area (Å²) in [6.07, 6.45) is 3.42. The van der Waals surface area contributed by atoms with E-state index in [2.05, 4.69) is 16.0 Å². The van der Waals surface area contributed by atoms with E-state index >= 15 is 0 Å². The average molecular weight is 483 g/mol. The normalized spacial score (nSPS) is 9.52. The molecule has 0 spiro atoms. The van der Waals surface area contributed by atoms with Gasteiger partial charge < -0.3 is 9.97 Å². The Morgan fingerprint density at radius 3 is 2.39 bits per heavy atom. The van der Waals surface area contributed by atoms with E-state index in [1.165, 1.54) is 0 Å². The van der Waals surface area contributed by atoms with Crippen LogP contribution in [0.2, 0.25) is 0 Å². The summed E-state index contributed by atoms with van der Waals surface area (Å²) in [5, 5.41) is 0. The molecule has 0 aliphatic carbocycles. The molecule has 0 bridgehead atoms. The predicted molar refractivity (Wildman–Crippen MR) is 87.4 cm³/mol. The molecular weight excluding hydrogens is 464 g/mol. The number of aromatic nitrogens is 2. The van der Waals surface area contributed by atoms with E-state index in [0.29, 0.717) is 5.69 Å². The van der Waals surface area contributed by atoms with Crippen molar-refractivity contribution in [3.8, 4) is 11.3 Å². The van der Waals surface area contributed by atoms with Crippen molar-refractivity contribution < 1.29 is 24.9 Å². The average Bonchev–Trinajstić information content (AvgIpc) is 3.11. The number of Topliss-reactive ketones (excluding diaryl/α,β-unsaturated/α-hetero) is 1. The third-order valence-corrected chi connectivity index (χ3v) is 2.98. The monoisotopic (exact) mass is 483 g/mol. The smallest absolute Gasteiger partial charge is 0.143 e. The van der Waals surface area contributed by atoms with E-state index in [4.69, 9.17) is 0 Å². The Morgan fingerprint density at radius 1 is 1.09 bits per heavy atom. The number of carbonyl (C=O) groups is 1. The summed E-state index contributed by atoms with van der Waals surface area (Å²) < 4.78 is 0. The maximum Gasteiger partial charge on any atom is 0.143 e. The molecule has 0 N–H and O–H groups in total. The first-order valence-corrected chi connectivity index (χ1v) is 7.18. The standard InChI is InChI=1S/C11H8N.C8H11NO.Ir/c1-2-6-10(7-3-1)11-8-4-5-9-12-11;1-6(2)8(10)7-4-3-5-9-7;/h1-6,8-9H;3-6H,1-2H3,(H,9,10);/q-1;;/p-1. The van der Waals surface area contributed by atoms with Gasteiger partial charge in [0.1, 0.15) is 5.78 Å². The third-order valence-electron chi connectivity index (χ3n) is 2.98. The maximum atomic E-state index is 11.1. The molecule has 2 aromatic heterocycles. The molecule has 4 heteroatoms. The molecule has 0 aliphatic heterocycles. The molecule has 0 unspecified atom stereocenters.